The normalized spacial score (nSPS) is 15.0. The van der Waals surface area contributed by atoms with Crippen LogP contribution < -0.4 is 5.32 Å². The van der Waals surface area contributed by atoms with Crippen molar-refractivity contribution in [3.05, 3.63) is 34.9 Å². The molecule has 1 heterocycles. The lowest BCUT2D eigenvalue weighted by Gasteiger charge is -2.13. The van der Waals surface area contributed by atoms with Gasteiger partial charge in [-0.2, -0.15) is 0 Å². The summed E-state index contributed by atoms with van der Waals surface area (Å²) in [6.45, 7) is 3.87. The van der Waals surface area contributed by atoms with Gasteiger partial charge in [-0.15, -0.1) is 0 Å². The maximum Gasteiger partial charge on any atom is 0.261 e. The molecule has 0 saturated heterocycles. The number of carbonyl (C=O) groups excluding carboxylic acids is 3. The Balaban J connectivity index is 1.89. The average molecular weight is 304 g/mol. The molecule has 1 atom stereocenters. The Hall–Kier alpha value is -2.21. The van der Waals surface area contributed by atoms with Gasteiger partial charge in [0.25, 0.3) is 11.8 Å². The monoisotopic (exact) mass is 304 g/mol. The van der Waals surface area contributed by atoms with Crippen molar-refractivity contribution in [1.82, 2.24) is 10.2 Å². The summed E-state index contributed by atoms with van der Waals surface area (Å²) in [4.78, 5) is 37.1. The molecule has 118 valence electrons. The third-order valence-electron chi connectivity index (χ3n) is 3.51. The van der Waals surface area contributed by atoms with Crippen LogP contribution >= 0.6 is 0 Å². The van der Waals surface area contributed by atoms with Gasteiger partial charge in [0.15, 0.2) is 0 Å². The molecule has 0 radical (unpaired) electrons. The maximum atomic E-state index is 12.2. The Kier molecular flexibility index (Phi) is 4.92. The zero-order valence-electron chi connectivity index (χ0n) is 12.8. The highest BCUT2D eigenvalue weighted by Crippen LogP contribution is 2.24. The summed E-state index contributed by atoms with van der Waals surface area (Å²) in [5, 5.41) is 11.7. The molecule has 2 N–H and O–H groups in total. The number of aliphatic hydroxyl groups is 1. The molecule has 0 fully saturated rings. The SMILES string of the molecule is Cc1ccc2c(c1)C(=O)N(CCCC(=O)NCC(C)O)C2=O. The number of hydrogen-bond acceptors (Lipinski definition) is 4. The molecule has 22 heavy (non-hydrogen) atoms. The Morgan fingerprint density at radius 1 is 1.27 bits per heavy atom. The predicted molar refractivity (Wildman–Crippen MR) is 80.5 cm³/mol. The van der Waals surface area contributed by atoms with E-state index in [0.717, 1.165) is 5.56 Å². The quantitative estimate of drug-likeness (QED) is 0.763. The summed E-state index contributed by atoms with van der Waals surface area (Å²) in [6.07, 6.45) is 0.0123. The second kappa shape index (κ2) is 6.70. The molecule has 1 aromatic carbocycles. The lowest BCUT2D eigenvalue weighted by molar-refractivity contribution is -0.121. The average Bonchev–Trinajstić information content (AvgIpc) is 2.69. The van der Waals surface area contributed by atoms with Crippen LogP contribution in [0.3, 0.4) is 0 Å². The van der Waals surface area contributed by atoms with Gasteiger partial charge in [-0.25, -0.2) is 0 Å². The second-order valence-electron chi connectivity index (χ2n) is 5.57. The Morgan fingerprint density at radius 3 is 2.64 bits per heavy atom. The summed E-state index contributed by atoms with van der Waals surface area (Å²) in [5.74, 6) is -0.800. The summed E-state index contributed by atoms with van der Waals surface area (Å²) in [5.41, 5.74) is 1.79. The number of aryl methyl sites for hydroxylation is 1. The summed E-state index contributed by atoms with van der Waals surface area (Å²) >= 11 is 0. The van der Waals surface area contributed by atoms with Crippen LogP contribution in [0.5, 0.6) is 0 Å². The van der Waals surface area contributed by atoms with Crippen molar-refractivity contribution in [3.63, 3.8) is 0 Å². The fourth-order valence-corrected chi connectivity index (χ4v) is 2.36. The van der Waals surface area contributed by atoms with Crippen molar-refractivity contribution in [2.45, 2.75) is 32.8 Å². The highest BCUT2D eigenvalue weighted by molar-refractivity contribution is 6.21. The number of carbonyl (C=O) groups is 3. The van der Waals surface area contributed by atoms with E-state index >= 15 is 0 Å². The molecule has 1 aromatic rings. The predicted octanol–water partition coefficient (Wildman–Crippen LogP) is 0.868. The first kappa shape index (κ1) is 16.2. The van der Waals surface area contributed by atoms with Gasteiger partial charge in [0, 0.05) is 19.5 Å². The van der Waals surface area contributed by atoms with Gasteiger partial charge < -0.3 is 10.4 Å². The van der Waals surface area contributed by atoms with E-state index in [-0.39, 0.29) is 37.2 Å². The van der Waals surface area contributed by atoms with E-state index in [1.807, 2.05) is 6.92 Å². The topological polar surface area (TPSA) is 86.7 Å². The van der Waals surface area contributed by atoms with Gasteiger partial charge in [0.2, 0.25) is 5.91 Å². The fraction of sp³-hybridized carbons (Fsp3) is 0.438. The van der Waals surface area contributed by atoms with Crippen LogP contribution in [0.15, 0.2) is 18.2 Å². The molecular weight excluding hydrogens is 284 g/mol. The molecule has 1 unspecified atom stereocenters. The Morgan fingerprint density at radius 2 is 1.95 bits per heavy atom. The van der Waals surface area contributed by atoms with E-state index in [0.29, 0.717) is 17.5 Å². The third-order valence-corrected chi connectivity index (χ3v) is 3.51. The van der Waals surface area contributed by atoms with Crippen LogP contribution in [0.25, 0.3) is 0 Å². The van der Waals surface area contributed by atoms with Crippen LogP contribution in [-0.4, -0.2) is 46.9 Å². The van der Waals surface area contributed by atoms with Gasteiger partial charge in [-0.1, -0.05) is 11.6 Å². The van der Waals surface area contributed by atoms with E-state index in [4.69, 9.17) is 5.11 Å². The number of nitrogens with zero attached hydrogens (tertiary/aromatic N) is 1. The van der Waals surface area contributed by atoms with Crippen LogP contribution in [0.1, 0.15) is 46.0 Å². The lowest BCUT2D eigenvalue weighted by atomic mass is 10.1. The summed E-state index contributed by atoms with van der Waals surface area (Å²) in [6, 6.07) is 5.18. The zero-order valence-corrected chi connectivity index (χ0v) is 12.8. The Labute approximate surface area is 129 Å². The van der Waals surface area contributed by atoms with Crippen molar-refractivity contribution < 1.29 is 19.5 Å². The van der Waals surface area contributed by atoms with Crippen LogP contribution in [-0.2, 0) is 4.79 Å². The first-order chi connectivity index (χ1) is 10.4. The number of rotatable bonds is 6. The molecule has 3 amide bonds. The van der Waals surface area contributed by atoms with Crippen molar-refractivity contribution in [1.29, 1.82) is 0 Å². The van der Waals surface area contributed by atoms with Gasteiger partial charge in [0.05, 0.1) is 17.2 Å². The second-order valence-corrected chi connectivity index (χ2v) is 5.57. The summed E-state index contributed by atoms with van der Waals surface area (Å²) in [7, 11) is 0. The molecule has 2 rings (SSSR count). The zero-order chi connectivity index (χ0) is 16.3. The number of amides is 3. The van der Waals surface area contributed by atoms with E-state index in [1.54, 1.807) is 25.1 Å². The minimum Gasteiger partial charge on any atom is -0.392 e. The highest BCUT2D eigenvalue weighted by atomic mass is 16.3. The first-order valence-corrected chi connectivity index (χ1v) is 7.31. The Bertz CT molecular complexity index is 610. The molecule has 6 heteroatoms. The minimum atomic E-state index is -0.594. The molecule has 0 saturated carbocycles. The van der Waals surface area contributed by atoms with Gasteiger partial charge in [-0.3, -0.25) is 19.3 Å². The van der Waals surface area contributed by atoms with E-state index in [2.05, 4.69) is 5.32 Å². The van der Waals surface area contributed by atoms with Crippen LogP contribution in [0.4, 0.5) is 0 Å². The summed E-state index contributed by atoms with van der Waals surface area (Å²) < 4.78 is 0. The molecule has 6 nitrogen and oxygen atoms in total. The largest absolute Gasteiger partial charge is 0.392 e. The molecule has 0 aromatic heterocycles. The molecular formula is C16H20N2O4. The minimum absolute atomic E-state index is 0.200. The maximum absolute atomic E-state index is 12.2. The van der Waals surface area contributed by atoms with Crippen molar-refractivity contribution in [2.24, 2.45) is 0 Å². The standard InChI is InChI=1S/C16H20N2O4/c1-10-5-6-12-13(8-10)16(22)18(15(12)21)7-3-4-14(20)17-9-11(2)19/h5-6,8,11,19H,3-4,7,9H2,1-2H3,(H,17,20). The molecule has 0 bridgehead atoms. The van der Waals surface area contributed by atoms with Crippen molar-refractivity contribution >= 4 is 17.7 Å². The first-order valence-electron chi connectivity index (χ1n) is 7.31. The van der Waals surface area contributed by atoms with Gasteiger partial charge in [0.1, 0.15) is 0 Å². The smallest absolute Gasteiger partial charge is 0.261 e. The molecule has 1 aliphatic rings. The number of benzene rings is 1. The van der Waals surface area contributed by atoms with E-state index in [9.17, 15) is 14.4 Å². The van der Waals surface area contributed by atoms with Crippen LogP contribution in [0.2, 0.25) is 0 Å². The number of fused-ring (bicyclic) bond motifs is 1. The van der Waals surface area contributed by atoms with Crippen molar-refractivity contribution in [2.75, 3.05) is 13.1 Å². The number of hydrogen-bond donors (Lipinski definition) is 2. The lowest BCUT2D eigenvalue weighted by Crippen LogP contribution is -2.33. The van der Waals surface area contributed by atoms with Gasteiger partial charge >= 0.3 is 0 Å². The highest BCUT2D eigenvalue weighted by Gasteiger charge is 2.34. The molecule has 0 spiro atoms. The number of imide groups is 1. The van der Waals surface area contributed by atoms with E-state index < -0.39 is 6.10 Å². The van der Waals surface area contributed by atoms with Gasteiger partial charge in [-0.05, 0) is 32.4 Å². The number of nitrogens with one attached hydrogen (secondary N) is 1. The molecule has 0 aliphatic carbocycles. The fourth-order valence-electron chi connectivity index (χ4n) is 2.36. The van der Waals surface area contributed by atoms with E-state index in [1.165, 1.54) is 4.90 Å². The van der Waals surface area contributed by atoms with Crippen molar-refractivity contribution in [3.8, 4) is 0 Å². The van der Waals surface area contributed by atoms with Crippen LogP contribution in [0, 0.1) is 6.92 Å². The molecule has 1 aliphatic heterocycles. The third kappa shape index (κ3) is 3.51. The number of aliphatic hydroxyl groups excluding tert-OH is 1.